The van der Waals surface area contributed by atoms with Gasteiger partial charge in [-0.1, -0.05) is 37.3 Å². The third kappa shape index (κ3) is 4.80. The topological polar surface area (TPSA) is 128 Å². The summed E-state index contributed by atoms with van der Waals surface area (Å²) in [5, 5.41) is 7.56. The van der Waals surface area contributed by atoms with E-state index in [4.69, 9.17) is 15.2 Å². The van der Waals surface area contributed by atoms with E-state index in [0.717, 1.165) is 5.56 Å². The average molecular weight is 466 g/mol. The molecule has 2 atom stereocenters. The number of likely N-dealkylation sites (tertiary alicyclic amines) is 1. The number of esters is 1. The first-order valence-electron chi connectivity index (χ1n) is 11.1. The molecule has 34 heavy (non-hydrogen) atoms. The van der Waals surface area contributed by atoms with E-state index in [1.54, 1.807) is 17.9 Å². The van der Waals surface area contributed by atoms with Gasteiger partial charge < -0.3 is 25.4 Å². The Balaban J connectivity index is 1.52. The minimum Gasteiger partial charge on any atom is -0.462 e. The number of anilines is 1. The molecule has 0 radical (unpaired) electrons. The number of fused-ring (bicyclic) bond motifs is 1. The Morgan fingerprint density at radius 3 is 2.65 bits per heavy atom. The Kier molecular flexibility index (Phi) is 6.67. The first-order valence-corrected chi connectivity index (χ1v) is 11.1. The number of hydrogen-bond donors (Lipinski definition) is 2. The molecule has 1 saturated heterocycles. The van der Waals surface area contributed by atoms with E-state index >= 15 is 0 Å². The summed E-state index contributed by atoms with van der Waals surface area (Å²) in [6.45, 7) is 5.04. The van der Waals surface area contributed by atoms with Crippen LogP contribution in [0.15, 0.2) is 48.8 Å². The van der Waals surface area contributed by atoms with E-state index in [1.807, 2.05) is 37.3 Å². The number of hydrogen-bond acceptors (Lipinski definition) is 7. The molecule has 0 aliphatic carbocycles. The van der Waals surface area contributed by atoms with Crippen LogP contribution in [0.5, 0.6) is 0 Å². The molecule has 0 spiro atoms. The van der Waals surface area contributed by atoms with Crippen molar-refractivity contribution in [1.29, 1.82) is 0 Å². The maximum Gasteiger partial charge on any atom is 0.410 e. The number of rotatable bonds is 7. The van der Waals surface area contributed by atoms with Gasteiger partial charge in [0.05, 0.1) is 35.1 Å². The van der Waals surface area contributed by atoms with E-state index in [0.29, 0.717) is 29.9 Å². The smallest absolute Gasteiger partial charge is 0.410 e. The summed E-state index contributed by atoms with van der Waals surface area (Å²) in [5.74, 6) is -1.07. The van der Waals surface area contributed by atoms with Gasteiger partial charge in [-0.25, -0.2) is 14.1 Å². The standard InChI is InChI=1S/C24H27N5O5/c1-3-33-23(31)17-9-20-21(18(22(25)30)10-26-29(20)12-17)27-19-13-28(11-15(19)2)24(32)34-14-16-7-5-4-6-8-16/h4-10,12,15,19,27H,3,11,13-14H2,1-2H3,(H2,25,30)/t15-,19-/m1/s1. The number of aromatic nitrogens is 2. The van der Waals surface area contributed by atoms with Crippen LogP contribution < -0.4 is 11.1 Å². The summed E-state index contributed by atoms with van der Waals surface area (Å²) in [7, 11) is 0. The molecule has 178 valence electrons. The molecule has 3 N–H and O–H groups in total. The minimum atomic E-state index is -0.652. The first kappa shape index (κ1) is 23.1. The van der Waals surface area contributed by atoms with Crippen LogP contribution in [-0.2, 0) is 16.1 Å². The molecule has 1 aliphatic rings. The van der Waals surface area contributed by atoms with Crippen LogP contribution in [0.25, 0.3) is 5.52 Å². The predicted molar refractivity (Wildman–Crippen MR) is 124 cm³/mol. The van der Waals surface area contributed by atoms with Crippen molar-refractivity contribution in [3.8, 4) is 0 Å². The van der Waals surface area contributed by atoms with Gasteiger partial charge >= 0.3 is 12.1 Å². The molecule has 2 amide bonds. The van der Waals surface area contributed by atoms with Gasteiger partial charge in [-0.2, -0.15) is 5.10 Å². The molecule has 1 aliphatic heterocycles. The van der Waals surface area contributed by atoms with Crippen molar-refractivity contribution in [2.45, 2.75) is 26.5 Å². The Morgan fingerprint density at radius 1 is 1.18 bits per heavy atom. The van der Waals surface area contributed by atoms with Gasteiger partial charge in [-0.15, -0.1) is 0 Å². The highest BCUT2D eigenvalue weighted by Gasteiger charge is 2.34. The van der Waals surface area contributed by atoms with Crippen LogP contribution in [0.2, 0.25) is 0 Å². The number of amides is 2. The van der Waals surface area contributed by atoms with Gasteiger partial charge in [0.25, 0.3) is 5.91 Å². The predicted octanol–water partition coefficient (Wildman–Crippen LogP) is 2.68. The number of ether oxygens (including phenoxy) is 2. The zero-order valence-electron chi connectivity index (χ0n) is 19.1. The molecule has 2 aromatic heterocycles. The highest BCUT2D eigenvalue weighted by molar-refractivity contribution is 6.03. The number of nitrogens with one attached hydrogen (secondary N) is 1. The summed E-state index contributed by atoms with van der Waals surface area (Å²) >= 11 is 0. The second kappa shape index (κ2) is 9.82. The summed E-state index contributed by atoms with van der Waals surface area (Å²) in [4.78, 5) is 38.6. The Bertz CT molecular complexity index is 1210. The summed E-state index contributed by atoms with van der Waals surface area (Å²) < 4.78 is 12.0. The molecule has 0 bridgehead atoms. The van der Waals surface area contributed by atoms with E-state index in [2.05, 4.69) is 10.4 Å². The van der Waals surface area contributed by atoms with Gasteiger partial charge in [0.2, 0.25) is 0 Å². The fourth-order valence-electron chi connectivity index (χ4n) is 4.02. The summed E-state index contributed by atoms with van der Waals surface area (Å²) in [6, 6.07) is 10.9. The summed E-state index contributed by atoms with van der Waals surface area (Å²) in [6.07, 6.45) is 2.49. The van der Waals surface area contributed by atoms with E-state index in [-0.39, 0.29) is 30.7 Å². The lowest BCUT2D eigenvalue weighted by atomic mass is 10.1. The molecule has 4 rings (SSSR count). The fourth-order valence-corrected chi connectivity index (χ4v) is 4.02. The zero-order valence-corrected chi connectivity index (χ0v) is 19.1. The lowest BCUT2D eigenvalue weighted by Crippen LogP contribution is -2.32. The second-order valence-corrected chi connectivity index (χ2v) is 8.25. The molecule has 0 unspecified atom stereocenters. The van der Waals surface area contributed by atoms with Crippen molar-refractivity contribution in [3.63, 3.8) is 0 Å². The van der Waals surface area contributed by atoms with Crippen molar-refractivity contribution in [3.05, 3.63) is 65.5 Å². The minimum absolute atomic E-state index is 0.0673. The number of carbonyl (C=O) groups is 3. The monoisotopic (exact) mass is 465 g/mol. The lowest BCUT2D eigenvalue weighted by Gasteiger charge is -2.20. The lowest BCUT2D eigenvalue weighted by molar-refractivity contribution is 0.0526. The van der Waals surface area contributed by atoms with E-state index < -0.39 is 18.0 Å². The molecular formula is C24H27N5O5. The SMILES string of the molecule is CCOC(=O)c1cc2c(N[C@@H]3CN(C(=O)OCc4ccccc4)C[C@H]3C)c(C(N)=O)cnn2c1. The number of nitrogens with zero attached hydrogens (tertiary/aromatic N) is 3. The molecule has 3 heterocycles. The van der Waals surface area contributed by atoms with Gasteiger partial charge in [0.15, 0.2) is 0 Å². The highest BCUT2D eigenvalue weighted by Crippen LogP contribution is 2.28. The van der Waals surface area contributed by atoms with E-state index in [9.17, 15) is 14.4 Å². The van der Waals surface area contributed by atoms with Gasteiger partial charge in [-0.3, -0.25) is 4.79 Å². The Hall–Kier alpha value is -4.08. The van der Waals surface area contributed by atoms with Crippen molar-refractivity contribution >= 4 is 29.2 Å². The normalized spacial score (nSPS) is 17.5. The third-order valence-electron chi connectivity index (χ3n) is 5.82. The average Bonchev–Trinajstić information content (AvgIpc) is 3.42. The van der Waals surface area contributed by atoms with Gasteiger partial charge in [0.1, 0.15) is 6.61 Å². The molecule has 1 aromatic carbocycles. The Labute approximate surface area is 196 Å². The maximum absolute atomic E-state index is 12.6. The highest BCUT2D eigenvalue weighted by atomic mass is 16.6. The van der Waals surface area contributed by atoms with Crippen LogP contribution in [0, 0.1) is 5.92 Å². The molecule has 0 saturated carbocycles. The molecule has 3 aromatic rings. The zero-order chi connectivity index (χ0) is 24.2. The third-order valence-corrected chi connectivity index (χ3v) is 5.82. The van der Waals surface area contributed by atoms with Crippen molar-refractivity contribution in [1.82, 2.24) is 14.5 Å². The van der Waals surface area contributed by atoms with Crippen LogP contribution in [0.3, 0.4) is 0 Å². The fraction of sp³-hybridized carbons (Fsp3) is 0.333. The number of nitrogens with two attached hydrogens (primary N) is 1. The second-order valence-electron chi connectivity index (χ2n) is 8.25. The van der Waals surface area contributed by atoms with Crippen molar-refractivity contribution in [2.24, 2.45) is 11.7 Å². The first-order chi connectivity index (χ1) is 16.4. The molecular weight excluding hydrogens is 438 g/mol. The van der Waals surface area contributed by atoms with Crippen LogP contribution in [0.4, 0.5) is 10.5 Å². The van der Waals surface area contributed by atoms with E-state index in [1.165, 1.54) is 16.9 Å². The number of carbonyl (C=O) groups excluding carboxylic acids is 3. The van der Waals surface area contributed by atoms with Crippen molar-refractivity contribution in [2.75, 3.05) is 25.0 Å². The van der Waals surface area contributed by atoms with Crippen LogP contribution in [0.1, 0.15) is 40.1 Å². The molecule has 10 nitrogen and oxygen atoms in total. The quantitative estimate of drug-likeness (QED) is 0.513. The largest absolute Gasteiger partial charge is 0.462 e. The molecule has 1 fully saturated rings. The number of primary amides is 1. The Morgan fingerprint density at radius 2 is 1.94 bits per heavy atom. The van der Waals surface area contributed by atoms with Crippen molar-refractivity contribution < 1.29 is 23.9 Å². The van der Waals surface area contributed by atoms with Crippen LogP contribution in [-0.4, -0.2) is 58.2 Å². The molecule has 10 heteroatoms. The van der Waals surface area contributed by atoms with Gasteiger partial charge in [-0.05, 0) is 24.5 Å². The van der Waals surface area contributed by atoms with Gasteiger partial charge in [0, 0.05) is 25.3 Å². The maximum atomic E-state index is 12.6. The van der Waals surface area contributed by atoms with Crippen LogP contribution >= 0.6 is 0 Å². The number of benzene rings is 1. The summed E-state index contributed by atoms with van der Waals surface area (Å²) in [5.41, 5.74) is 7.97.